The van der Waals surface area contributed by atoms with Gasteiger partial charge in [-0.15, -0.1) is 0 Å². The smallest absolute Gasteiger partial charge is 0.237 e. The van der Waals surface area contributed by atoms with Gasteiger partial charge >= 0.3 is 0 Å². The van der Waals surface area contributed by atoms with E-state index in [1.807, 2.05) is 12.1 Å². The molecule has 0 unspecified atom stereocenters. The molecule has 1 aromatic heterocycles. The first kappa shape index (κ1) is 13.1. The third-order valence-electron chi connectivity index (χ3n) is 2.22. The van der Waals surface area contributed by atoms with Crippen molar-refractivity contribution in [1.82, 2.24) is 10.3 Å². The highest BCUT2D eigenvalue weighted by molar-refractivity contribution is 5.87. The zero-order valence-corrected chi connectivity index (χ0v) is 9.43. The minimum absolute atomic E-state index is 0.138. The fourth-order valence-electron chi connectivity index (χ4n) is 1.32. The van der Waals surface area contributed by atoms with Crippen LogP contribution in [0.15, 0.2) is 24.5 Å². The van der Waals surface area contributed by atoms with Crippen LogP contribution in [0.25, 0.3) is 0 Å². The Balaban J connectivity index is 2.27. The first-order valence-electron chi connectivity index (χ1n) is 5.30. The van der Waals surface area contributed by atoms with Crippen molar-refractivity contribution in [1.29, 1.82) is 0 Å². The van der Waals surface area contributed by atoms with Gasteiger partial charge in [-0.3, -0.25) is 14.6 Å². The molecule has 1 aromatic rings. The Kier molecular flexibility index (Phi) is 5.09. The molecule has 1 atom stereocenters. The molecule has 2 amide bonds. The summed E-state index contributed by atoms with van der Waals surface area (Å²) in [6.07, 6.45) is 3.94. The monoisotopic (exact) mass is 236 g/mol. The Bertz CT molecular complexity index is 380. The van der Waals surface area contributed by atoms with Gasteiger partial charge in [-0.05, 0) is 24.1 Å². The lowest BCUT2D eigenvalue weighted by atomic mass is 10.2. The Morgan fingerprint density at radius 3 is 2.59 bits per heavy atom. The van der Waals surface area contributed by atoms with Crippen LogP contribution in [0.4, 0.5) is 0 Å². The maximum absolute atomic E-state index is 11.4. The summed E-state index contributed by atoms with van der Waals surface area (Å²) in [6.45, 7) is 0.468. The summed E-state index contributed by atoms with van der Waals surface area (Å²) in [5.74, 6) is -0.945. The molecular weight excluding hydrogens is 220 g/mol. The molecular formula is C11H16N4O2. The molecule has 0 saturated heterocycles. The number of hydrogen-bond acceptors (Lipinski definition) is 4. The van der Waals surface area contributed by atoms with Crippen LogP contribution in [-0.2, 0) is 16.0 Å². The number of primary amides is 1. The number of nitrogens with one attached hydrogen (secondary N) is 1. The molecule has 5 N–H and O–H groups in total. The number of nitrogens with zero attached hydrogens (tertiary/aromatic N) is 1. The number of aromatic nitrogens is 1. The average Bonchev–Trinajstić information content (AvgIpc) is 2.29. The maximum atomic E-state index is 11.4. The topological polar surface area (TPSA) is 111 Å². The largest absolute Gasteiger partial charge is 0.370 e. The zero-order valence-electron chi connectivity index (χ0n) is 9.43. The van der Waals surface area contributed by atoms with Gasteiger partial charge in [-0.1, -0.05) is 0 Å². The third kappa shape index (κ3) is 5.07. The fourth-order valence-corrected chi connectivity index (χ4v) is 1.32. The summed E-state index contributed by atoms with van der Waals surface area (Å²) in [4.78, 5) is 25.9. The number of amides is 2. The van der Waals surface area contributed by atoms with Crippen molar-refractivity contribution in [2.45, 2.75) is 18.9 Å². The van der Waals surface area contributed by atoms with Gasteiger partial charge < -0.3 is 16.8 Å². The minimum atomic E-state index is -0.870. The van der Waals surface area contributed by atoms with E-state index in [9.17, 15) is 9.59 Å². The fraction of sp³-hybridized carbons (Fsp3) is 0.364. The Hall–Kier alpha value is -1.95. The minimum Gasteiger partial charge on any atom is -0.370 e. The van der Waals surface area contributed by atoms with Crippen molar-refractivity contribution in [3.63, 3.8) is 0 Å². The van der Waals surface area contributed by atoms with E-state index in [2.05, 4.69) is 10.3 Å². The van der Waals surface area contributed by atoms with E-state index in [1.54, 1.807) is 12.4 Å². The second kappa shape index (κ2) is 6.59. The Morgan fingerprint density at radius 2 is 2.00 bits per heavy atom. The normalized spacial score (nSPS) is 11.8. The molecule has 0 spiro atoms. The molecule has 1 heterocycles. The molecule has 0 bridgehead atoms. The lowest BCUT2D eigenvalue weighted by Crippen LogP contribution is -2.43. The number of carbonyl (C=O) groups excluding carboxylic acids is 2. The highest BCUT2D eigenvalue weighted by Crippen LogP contribution is 1.96. The Morgan fingerprint density at radius 1 is 1.35 bits per heavy atom. The van der Waals surface area contributed by atoms with Crippen LogP contribution >= 0.6 is 0 Å². The molecule has 6 nitrogen and oxygen atoms in total. The molecule has 0 aliphatic rings. The van der Waals surface area contributed by atoms with Crippen molar-refractivity contribution < 1.29 is 9.59 Å². The van der Waals surface area contributed by atoms with E-state index in [4.69, 9.17) is 11.5 Å². The summed E-state index contributed by atoms with van der Waals surface area (Å²) in [6, 6.07) is 2.87. The molecule has 0 aliphatic heterocycles. The maximum Gasteiger partial charge on any atom is 0.237 e. The van der Waals surface area contributed by atoms with Gasteiger partial charge in [0.25, 0.3) is 0 Å². The molecule has 0 saturated carbocycles. The standard InChI is InChI=1S/C11H16N4O2/c12-9(7-10(13)16)11(17)15-6-3-8-1-4-14-5-2-8/h1-2,4-5,9H,3,6-7,12H2,(H2,13,16)(H,15,17)/t9-/m1/s1. The van der Waals surface area contributed by atoms with Crippen LogP contribution < -0.4 is 16.8 Å². The lowest BCUT2D eigenvalue weighted by Gasteiger charge is -2.10. The van der Waals surface area contributed by atoms with Crippen molar-refractivity contribution in [2.75, 3.05) is 6.54 Å². The van der Waals surface area contributed by atoms with Crippen molar-refractivity contribution in [3.05, 3.63) is 30.1 Å². The van der Waals surface area contributed by atoms with Gasteiger partial charge in [-0.2, -0.15) is 0 Å². The summed E-state index contributed by atoms with van der Waals surface area (Å²) < 4.78 is 0. The van der Waals surface area contributed by atoms with E-state index in [0.717, 1.165) is 5.56 Å². The molecule has 1 rings (SSSR count). The first-order valence-corrected chi connectivity index (χ1v) is 5.30. The average molecular weight is 236 g/mol. The highest BCUT2D eigenvalue weighted by Gasteiger charge is 2.14. The summed E-state index contributed by atoms with van der Waals surface area (Å²) >= 11 is 0. The quantitative estimate of drug-likeness (QED) is 0.584. The number of carbonyl (C=O) groups is 2. The number of rotatable bonds is 6. The SMILES string of the molecule is NC(=O)C[C@@H](N)C(=O)NCCc1ccncc1. The van der Waals surface area contributed by atoms with E-state index < -0.39 is 11.9 Å². The van der Waals surface area contributed by atoms with Crippen molar-refractivity contribution in [2.24, 2.45) is 11.5 Å². The van der Waals surface area contributed by atoms with Crippen LogP contribution in [0.3, 0.4) is 0 Å². The molecule has 6 heteroatoms. The van der Waals surface area contributed by atoms with E-state index in [1.165, 1.54) is 0 Å². The molecule has 17 heavy (non-hydrogen) atoms. The van der Waals surface area contributed by atoms with Crippen molar-refractivity contribution >= 4 is 11.8 Å². The van der Waals surface area contributed by atoms with Gasteiger partial charge in [0.2, 0.25) is 11.8 Å². The first-order chi connectivity index (χ1) is 8.09. The summed E-state index contributed by atoms with van der Waals surface area (Å²) in [7, 11) is 0. The summed E-state index contributed by atoms with van der Waals surface area (Å²) in [5, 5.41) is 2.64. The van der Waals surface area contributed by atoms with Crippen molar-refractivity contribution in [3.8, 4) is 0 Å². The van der Waals surface area contributed by atoms with Gasteiger partial charge in [0.1, 0.15) is 0 Å². The summed E-state index contributed by atoms with van der Waals surface area (Å²) in [5.41, 5.74) is 11.5. The van der Waals surface area contributed by atoms with Gasteiger partial charge in [0.05, 0.1) is 12.5 Å². The predicted molar refractivity (Wildman–Crippen MR) is 62.7 cm³/mol. The Labute approximate surface area is 99.4 Å². The van der Waals surface area contributed by atoms with Gasteiger partial charge in [-0.25, -0.2) is 0 Å². The number of hydrogen-bond donors (Lipinski definition) is 3. The zero-order chi connectivity index (χ0) is 12.7. The molecule has 0 radical (unpaired) electrons. The predicted octanol–water partition coefficient (Wildman–Crippen LogP) is -1.06. The third-order valence-corrected chi connectivity index (χ3v) is 2.22. The van der Waals surface area contributed by atoms with Crippen LogP contribution in [-0.4, -0.2) is 29.4 Å². The van der Waals surface area contributed by atoms with E-state index in [-0.39, 0.29) is 12.3 Å². The van der Waals surface area contributed by atoms with Crippen LogP contribution in [0.5, 0.6) is 0 Å². The second-order valence-electron chi connectivity index (χ2n) is 3.67. The lowest BCUT2D eigenvalue weighted by molar-refractivity contribution is -0.126. The van der Waals surface area contributed by atoms with E-state index >= 15 is 0 Å². The van der Waals surface area contributed by atoms with E-state index in [0.29, 0.717) is 13.0 Å². The van der Waals surface area contributed by atoms with Crippen LogP contribution in [0, 0.1) is 0 Å². The highest BCUT2D eigenvalue weighted by atomic mass is 16.2. The second-order valence-corrected chi connectivity index (χ2v) is 3.67. The van der Waals surface area contributed by atoms with Crippen LogP contribution in [0.1, 0.15) is 12.0 Å². The molecule has 0 aromatic carbocycles. The number of pyridine rings is 1. The molecule has 92 valence electrons. The van der Waals surface area contributed by atoms with Gasteiger partial charge in [0.15, 0.2) is 0 Å². The number of nitrogens with two attached hydrogens (primary N) is 2. The van der Waals surface area contributed by atoms with Gasteiger partial charge in [0, 0.05) is 18.9 Å². The van der Waals surface area contributed by atoms with Crippen LogP contribution in [0.2, 0.25) is 0 Å². The molecule has 0 aliphatic carbocycles. The molecule has 0 fully saturated rings.